The molecule has 1 aliphatic rings. The number of aldehydes is 2. The third-order valence-electron chi connectivity index (χ3n) is 5.39. The lowest BCUT2D eigenvalue weighted by atomic mass is 9.91. The maximum absolute atomic E-state index is 13.4. The molecule has 2 aromatic rings. The summed E-state index contributed by atoms with van der Waals surface area (Å²) in [5, 5.41) is 9.86. The number of nitrogens with zero attached hydrogens (tertiary/aromatic N) is 1. The summed E-state index contributed by atoms with van der Waals surface area (Å²) in [6, 6.07) is 9.33. The largest absolute Gasteiger partial charge is 0.507 e. The molecule has 0 saturated carbocycles. The van der Waals surface area contributed by atoms with Crippen LogP contribution in [-0.2, 0) is 0 Å². The summed E-state index contributed by atoms with van der Waals surface area (Å²) in [6.07, 6.45) is 1.88. The molecule has 1 amide bonds. The zero-order valence-corrected chi connectivity index (χ0v) is 18.0. The van der Waals surface area contributed by atoms with Gasteiger partial charge in [-0.25, -0.2) is 0 Å². The molecular weight excluding hydrogens is 398 g/mol. The quantitative estimate of drug-likeness (QED) is 0.648. The minimum Gasteiger partial charge on any atom is -0.507 e. The summed E-state index contributed by atoms with van der Waals surface area (Å²) < 4.78 is 11.3. The maximum Gasteiger partial charge on any atom is 0.255 e. The summed E-state index contributed by atoms with van der Waals surface area (Å²) in [5.41, 5.74) is 0.448. The van der Waals surface area contributed by atoms with Crippen molar-refractivity contribution in [2.45, 2.75) is 33.2 Å². The molecule has 0 aliphatic carbocycles. The van der Waals surface area contributed by atoms with Crippen molar-refractivity contribution in [3.63, 3.8) is 0 Å². The highest BCUT2D eigenvalue weighted by atomic mass is 16.5. The van der Waals surface area contributed by atoms with Crippen molar-refractivity contribution in [2.75, 3.05) is 19.8 Å². The number of hydrogen-bond acceptors (Lipinski definition) is 6. The first-order chi connectivity index (χ1) is 14.8. The van der Waals surface area contributed by atoms with Gasteiger partial charge >= 0.3 is 0 Å². The number of carbonyl (C=O) groups is 3. The van der Waals surface area contributed by atoms with Crippen molar-refractivity contribution in [3.05, 3.63) is 53.1 Å². The lowest BCUT2D eigenvalue weighted by molar-refractivity contribution is 0.0679. The zero-order chi connectivity index (χ0) is 22.6. The average Bonchev–Trinajstić information content (AvgIpc) is 3.06. The van der Waals surface area contributed by atoms with Gasteiger partial charge < -0.3 is 19.5 Å². The fourth-order valence-corrected chi connectivity index (χ4v) is 4.04. The molecule has 0 spiro atoms. The topological polar surface area (TPSA) is 93.1 Å². The van der Waals surface area contributed by atoms with E-state index in [-0.39, 0.29) is 52.2 Å². The van der Waals surface area contributed by atoms with E-state index in [1.54, 1.807) is 35.2 Å². The van der Waals surface area contributed by atoms with Gasteiger partial charge in [0, 0.05) is 6.54 Å². The van der Waals surface area contributed by atoms with E-state index < -0.39 is 0 Å². The molecule has 31 heavy (non-hydrogen) atoms. The van der Waals surface area contributed by atoms with Crippen molar-refractivity contribution in [1.29, 1.82) is 0 Å². The van der Waals surface area contributed by atoms with Crippen LogP contribution in [0.1, 0.15) is 58.3 Å². The molecule has 1 N–H and O–H groups in total. The van der Waals surface area contributed by atoms with Crippen LogP contribution in [0.25, 0.3) is 0 Å². The highest BCUT2D eigenvalue weighted by Gasteiger charge is 2.41. The number of amides is 1. The molecule has 7 heteroatoms. The number of carbonyl (C=O) groups excluding carboxylic acids is 3. The number of hydrogen-bond donors (Lipinski definition) is 1. The van der Waals surface area contributed by atoms with Crippen LogP contribution in [0.4, 0.5) is 0 Å². The molecule has 0 radical (unpaired) electrons. The molecule has 164 valence electrons. The second-order valence-electron chi connectivity index (χ2n) is 8.34. The van der Waals surface area contributed by atoms with Gasteiger partial charge in [-0.3, -0.25) is 14.4 Å². The standard InChI is InChI=1S/C24H27NO6/c1-4-30-21-9-5-7-17(18(21)12-26)23(29)25-15-24(2,3)11-16(25)14-31-22-10-6-8-20(28)19(22)13-27/h5-10,12-13,16,28H,4,11,14-15H2,1-3H3/t16-/m0/s1. The van der Waals surface area contributed by atoms with Crippen LogP contribution in [0.15, 0.2) is 36.4 Å². The van der Waals surface area contributed by atoms with Crippen LogP contribution in [-0.4, -0.2) is 54.3 Å². The van der Waals surface area contributed by atoms with E-state index in [2.05, 4.69) is 13.8 Å². The summed E-state index contributed by atoms with van der Waals surface area (Å²) in [7, 11) is 0. The summed E-state index contributed by atoms with van der Waals surface area (Å²) in [5.74, 6) is 0.217. The first kappa shape index (κ1) is 22.3. The second-order valence-corrected chi connectivity index (χ2v) is 8.34. The Kier molecular flexibility index (Phi) is 6.63. The van der Waals surface area contributed by atoms with Gasteiger partial charge in [-0.05, 0) is 43.0 Å². The third kappa shape index (κ3) is 4.71. The number of rotatable bonds is 8. The van der Waals surface area contributed by atoms with Gasteiger partial charge in [0.05, 0.1) is 29.3 Å². The number of ether oxygens (including phenoxy) is 2. The Balaban J connectivity index is 1.87. The normalized spacial score (nSPS) is 17.3. The second kappa shape index (κ2) is 9.20. The van der Waals surface area contributed by atoms with Gasteiger partial charge in [0.2, 0.25) is 0 Å². The number of likely N-dealkylation sites (tertiary alicyclic amines) is 1. The van der Waals surface area contributed by atoms with E-state index in [0.717, 1.165) is 0 Å². The van der Waals surface area contributed by atoms with Gasteiger partial charge in [0.1, 0.15) is 23.9 Å². The smallest absolute Gasteiger partial charge is 0.255 e. The van der Waals surface area contributed by atoms with Crippen molar-refractivity contribution in [1.82, 2.24) is 4.90 Å². The van der Waals surface area contributed by atoms with Crippen LogP contribution in [0.3, 0.4) is 0 Å². The molecule has 1 fully saturated rings. The molecule has 0 unspecified atom stereocenters. The fraction of sp³-hybridized carbons (Fsp3) is 0.375. The lowest BCUT2D eigenvalue weighted by Gasteiger charge is -2.26. The Morgan fingerprint density at radius 1 is 1.10 bits per heavy atom. The van der Waals surface area contributed by atoms with Crippen molar-refractivity contribution < 1.29 is 29.0 Å². The minimum atomic E-state index is -0.269. The number of aromatic hydroxyl groups is 1. The number of benzene rings is 2. The van der Waals surface area contributed by atoms with Gasteiger partial charge in [0.15, 0.2) is 12.6 Å². The van der Waals surface area contributed by atoms with E-state index in [9.17, 15) is 19.5 Å². The van der Waals surface area contributed by atoms with Crippen LogP contribution in [0.2, 0.25) is 0 Å². The molecule has 2 aromatic carbocycles. The van der Waals surface area contributed by atoms with Crippen molar-refractivity contribution in [2.24, 2.45) is 5.41 Å². The fourth-order valence-electron chi connectivity index (χ4n) is 4.04. The molecule has 1 saturated heterocycles. The average molecular weight is 425 g/mol. The molecule has 7 nitrogen and oxygen atoms in total. The summed E-state index contributed by atoms with van der Waals surface area (Å²) in [4.78, 5) is 38.2. The van der Waals surface area contributed by atoms with E-state index in [4.69, 9.17) is 9.47 Å². The molecule has 1 atom stereocenters. The zero-order valence-electron chi connectivity index (χ0n) is 18.0. The Hall–Kier alpha value is -3.35. The maximum atomic E-state index is 13.4. The molecule has 3 rings (SSSR count). The SMILES string of the molecule is CCOc1cccc(C(=O)N2CC(C)(C)C[C@H]2COc2cccc(O)c2C=O)c1C=O. The van der Waals surface area contributed by atoms with E-state index in [0.29, 0.717) is 37.9 Å². The predicted octanol–water partition coefficient (Wildman–Crippen LogP) is 3.74. The first-order valence-electron chi connectivity index (χ1n) is 10.2. The third-order valence-corrected chi connectivity index (χ3v) is 5.39. The molecular formula is C24H27NO6. The van der Waals surface area contributed by atoms with Crippen LogP contribution >= 0.6 is 0 Å². The Morgan fingerprint density at radius 3 is 2.39 bits per heavy atom. The van der Waals surface area contributed by atoms with E-state index >= 15 is 0 Å². The molecule has 0 bridgehead atoms. The first-order valence-corrected chi connectivity index (χ1v) is 10.2. The van der Waals surface area contributed by atoms with E-state index in [1.165, 1.54) is 6.07 Å². The van der Waals surface area contributed by atoms with Crippen molar-refractivity contribution in [3.8, 4) is 17.2 Å². The minimum absolute atomic E-state index is 0.0743. The van der Waals surface area contributed by atoms with Gasteiger partial charge in [-0.2, -0.15) is 0 Å². The highest BCUT2D eigenvalue weighted by Crippen LogP contribution is 2.36. The van der Waals surface area contributed by atoms with Crippen LogP contribution < -0.4 is 9.47 Å². The van der Waals surface area contributed by atoms with Crippen LogP contribution in [0.5, 0.6) is 17.2 Å². The molecule has 1 aliphatic heterocycles. The van der Waals surface area contributed by atoms with Crippen molar-refractivity contribution >= 4 is 18.5 Å². The number of phenols is 1. The summed E-state index contributed by atoms with van der Waals surface area (Å²) in [6.45, 7) is 6.98. The lowest BCUT2D eigenvalue weighted by Crippen LogP contribution is -2.39. The highest BCUT2D eigenvalue weighted by molar-refractivity contribution is 6.03. The van der Waals surface area contributed by atoms with E-state index in [1.807, 2.05) is 6.92 Å². The Morgan fingerprint density at radius 2 is 1.74 bits per heavy atom. The monoisotopic (exact) mass is 425 g/mol. The summed E-state index contributed by atoms with van der Waals surface area (Å²) >= 11 is 0. The Bertz CT molecular complexity index is 984. The Labute approximate surface area is 181 Å². The van der Waals surface area contributed by atoms with Gasteiger partial charge in [-0.15, -0.1) is 0 Å². The predicted molar refractivity (Wildman–Crippen MR) is 115 cm³/mol. The number of phenolic OH excluding ortho intramolecular Hbond substituents is 1. The molecule has 0 aromatic heterocycles. The van der Waals surface area contributed by atoms with Gasteiger partial charge in [-0.1, -0.05) is 26.0 Å². The molecule has 1 heterocycles. The van der Waals surface area contributed by atoms with Crippen LogP contribution in [0, 0.1) is 5.41 Å². The van der Waals surface area contributed by atoms with Gasteiger partial charge in [0.25, 0.3) is 5.91 Å².